The lowest BCUT2D eigenvalue weighted by Gasteiger charge is -2.31. The standard InChI is InChI=1S/C24H25ClN4OS/c25-21-10-6-18(7-11-21)16-19-8-9-20(23(19)29-12-14-30-15-13-29)17-26-28-24(31)27-22-4-2-1-3-5-22/h1-7,10-11,16-17H,8-9,12-15H2,(H2,27,28,31)/b19-16+,26-17+. The highest BCUT2D eigenvalue weighted by Crippen LogP contribution is 2.35. The van der Waals surface area contributed by atoms with Crippen LogP contribution in [0.1, 0.15) is 18.4 Å². The summed E-state index contributed by atoms with van der Waals surface area (Å²) in [5.41, 5.74) is 8.78. The van der Waals surface area contributed by atoms with Crippen molar-refractivity contribution in [2.45, 2.75) is 12.8 Å². The number of hydrazone groups is 1. The fraction of sp³-hybridized carbons (Fsp3) is 0.250. The van der Waals surface area contributed by atoms with E-state index >= 15 is 0 Å². The largest absolute Gasteiger partial charge is 0.378 e. The highest BCUT2D eigenvalue weighted by molar-refractivity contribution is 7.80. The Kier molecular flexibility index (Phi) is 7.35. The maximum Gasteiger partial charge on any atom is 0.191 e. The van der Waals surface area contributed by atoms with E-state index in [4.69, 9.17) is 28.6 Å². The molecule has 1 saturated heterocycles. The summed E-state index contributed by atoms with van der Waals surface area (Å²) >= 11 is 11.4. The van der Waals surface area contributed by atoms with Gasteiger partial charge in [0.25, 0.3) is 0 Å². The second-order valence-corrected chi connectivity index (χ2v) is 8.23. The van der Waals surface area contributed by atoms with E-state index < -0.39 is 0 Å². The summed E-state index contributed by atoms with van der Waals surface area (Å²) in [6.45, 7) is 3.25. The smallest absolute Gasteiger partial charge is 0.191 e. The van der Waals surface area contributed by atoms with Crippen molar-refractivity contribution in [3.63, 3.8) is 0 Å². The first kappa shape index (κ1) is 21.6. The van der Waals surface area contributed by atoms with Crippen LogP contribution >= 0.6 is 23.8 Å². The predicted molar refractivity (Wildman–Crippen MR) is 132 cm³/mol. The lowest BCUT2D eigenvalue weighted by Crippen LogP contribution is -2.36. The van der Waals surface area contributed by atoms with Crippen LogP contribution < -0.4 is 10.7 Å². The third kappa shape index (κ3) is 5.94. The fourth-order valence-electron chi connectivity index (χ4n) is 3.78. The zero-order valence-corrected chi connectivity index (χ0v) is 18.8. The lowest BCUT2D eigenvalue weighted by atomic mass is 10.1. The van der Waals surface area contributed by atoms with Gasteiger partial charge >= 0.3 is 0 Å². The van der Waals surface area contributed by atoms with Crippen molar-refractivity contribution in [3.8, 4) is 0 Å². The van der Waals surface area contributed by atoms with Gasteiger partial charge in [0.1, 0.15) is 0 Å². The highest BCUT2D eigenvalue weighted by atomic mass is 35.5. The van der Waals surface area contributed by atoms with Crippen LogP contribution in [0, 0.1) is 0 Å². The molecule has 5 nitrogen and oxygen atoms in total. The van der Waals surface area contributed by atoms with E-state index in [2.05, 4.69) is 26.8 Å². The number of nitrogens with one attached hydrogen (secondary N) is 2. The molecule has 1 fully saturated rings. The first-order valence-corrected chi connectivity index (χ1v) is 11.1. The number of nitrogens with zero attached hydrogens (tertiary/aromatic N) is 2. The van der Waals surface area contributed by atoms with Gasteiger partial charge in [0.05, 0.1) is 19.4 Å². The van der Waals surface area contributed by atoms with Crippen LogP contribution in [0.4, 0.5) is 5.69 Å². The van der Waals surface area contributed by atoms with Crippen LogP contribution in [-0.2, 0) is 4.74 Å². The number of thiocarbonyl (C=S) groups is 1. The molecule has 2 aromatic carbocycles. The van der Waals surface area contributed by atoms with E-state index in [1.54, 1.807) is 0 Å². The fourth-order valence-corrected chi connectivity index (χ4v) is 4.08. The first-order chi connectivity index (χ1) is 15.2. The number of halogens is 1. The van der Waals surface area contributed by atoms with Gasteiger partial charge in [-0.15, -0.1) is 0 Å². The van der Waals surface area contributed by atoms with Gasteiger partial charge in [-0.1, -0.05) is 41.9 Å². The zero-order chi connectivity index (χ0) is 21.5. The molecule has 1 aliphatic carbocycles. The van der Waals surface area contributed by atoms with E-state index in [1.165, 1.54) is 16.8 Å². The van der Waals surface area contributed by atoms with Crippen LogP contribution in [0.25, 0.3) is 6.08 Å². The van der Waals surface area contributed by atoms with E-state index in [9.17, 15) is 0 Å². The summed E-state index contributed by atoms with van der Waals surface area (Å²) in [5.74, 6) is 0. The van der Waals surface area contributed by atoms with E-state index in [-0.39, 0.29) is 0 Å². The highest BCUT2D eigenvalue weighted by Gasteiger charge is 2.25. The number of ether oxygens (including phenoxy) is 1. The van der Waals surface area contributed by atoms with Crippen LogP contribution in [0.5, 0.6) is 0 Å². The minimum absolute atomic E-state index is 0.464. The average Bonchev–Trinajstić information content (AvgIpc) is 3.19. The Morgan fingerprint density at radius 1 is 1.03 bits per heavy atom. The summed E-state index contributed by atoms with van der Waals surface area (Å²) in [4.78, 5) is 2.40. The van der Waals surface area contributed by atoms with Crippen LogP contribution in [0.3, 0.4) is 0 Å². The molecule has 4 rings (SSSR count). The van der Waals surface area contributed by atoms with Gasteiger partial charge in [-0.2, -0.15) is 5.10 Å². The van der Waals surface area contributed by atoms with Gasteiger partial charge in [-0.05, 0) is 72.1 Å². The Balaban J connectivity index is 1.51. The van der Waals surface area contributed by atoms with Crippen molar-refractivity contribution in [2.75, 3.05) is 31.6 Å². The molecule has 0 radical (unpaired) electrons. The normalized spacial score (nSPS) is 18.1. The van der Waals surface area contributed by atoms with Crippen molar-refractivity contribution in [1.29, 1.82) is 0 Å². The molecule has 0 saturated carbocycles. The van der Waals surface area contributed by atoms with Crippen LogP contribution in [0.2, 0.25) is 5.02 Å². The van der Waals surface area contributed by atoms with Crippen molar-refractivity contribution < 1.29 is 4.74 Å². The summed E-state index contributed by atoms with van der Waals surface area (Å²) in [5, 5.41) is 8.75. The summed E-state index contributed by atoms with van der Waals surface area (Å²) in [7, 11) is 0. The number of para-hydroxylation sites is 1. The van der Waals surface area contributed by atoms with Crippen molar-refractivity contribution in [3.05, 3.63) is 82.0 Å². The van der Waals surface area contributed by atoms with Gasteiger partial charge in [0, 0.05) is 29.5 Å². The molecule has 0 spiro atoms. The number of morpholine rings is 1. The molecule has 1 heterocycles. The Morgan fingerprint density at radius 3 is 2.52 bits per heavy atom. The second kappa shape index (κ2) is 10.6. The van der Waals surface area contributed by atoms with Gasteiger partial charge < -0.3 is 15.0 Å². The van der Waals surface area contributed by atoms with E-state index in [0.717, 1.165) is 55.4 Å². The van der Waals surface area contributed by atoms with Crippen molar-refractivity contribution in [1.82, 2.24) is 10.3 Å². The molecule has 1 aliphatic heterocycles. The number of hydrogen-bond acceptors (Lipinski definition) is 4. The molecule has 160 valence electrons. The molecule has 2 N–H and O–H groups in total. The minimum Gasteiger partial charge on any atom is -0.378 e. The molecule has 0 amide bonds. The molecular formula is C24H25ClN4OS. The topological polar surface area (TPSA) is 48.9 Å². The molecule has 0 aromatic heterocycles. The Labute approximate surface area is 193 Å². The maximum absolute atomic E-state index is 6.04. The van der Waals surface area contributed by atoms with E-state index in [1.807, 2.05) is 60.8 Å². The number of anilines is 1. The van der Waals surface area contributed by atoms with Crippen molar-refractivity contribution >= 4 is 46.9 Å². The SMILES string of the molecule is S=C(N/N=C/C1=C(N2CCOCC2)C(=C/c2ccc(Cl)cc2)/CC1)Nc1ccccc1. The molecule has 31 heavy (non-hydrogen) atoms. The molecule has 0 bridgehead atoms. The Hall–Kier alpha value is -2.67. The summed E-state index contributed by atoms with van der Waals surface area (Å²) < 4.78 is 5.56. The average molecular weight is 453 g/mol. The van der Waals surface area contributed by atoms with Gasteiger partial charge in [0.15, 0.2) is 5.11 Å². The molecule has 7 heteroatoms. The number of hydrogen-bond donors (Lipinski definition) is 2. The Bertz CT molecular complexity index is 996. The number of benzene rings is 2. The molecular weight excluding hydrogens is 428 g/mol. The third-order valence-electron chi connectivity index (χ3n) is 5.23. The zero-order valence-electron chi connectivity index (χ0n) is 17.2. The van der Waals surface area contributed by atoms with Crippen molar-refractivity contribution in [2.24, 2.45) is 5.10 Å². The Morgan fingerprint density at radius 2 is 1.77 bits per heavy atom. The quantitative estimate of drug-likeness (QED) is 0.376. The predicted octanol–water partition coefficient (Wildman–Crippen LogP) is 5.08. The maximum atomic E-state index is 6.04. The lowest BCUT2D eigenvalue weighted by molar-refractivity contribution is 0.0548. The first-order valence-electron chi connectivity index (χ1n) is 10.4. The molecule has 2 aliphatic rings. The van der Waals surface area contributed by atoms with Gasteiger partial charge in [-0.25, -0.2) is 0 Å². The third-order valence-corrected chi connectivity index (χ3v) is 5.67. The van der Waals surface area contributed by atoms with Gasteiger partial charge in [-0.3, -0.25) is 5.43 Å². The molecule has 0 unspecified atom stereocenters. The monoisotopic (exact) mass is 452 g/mol. The minimum atomic E-state index is 0.464. The van der Waals surface area contributed by atoms with Crippen LogP contribution in [0.15, 0.2) is 76.5 Å². The molecule has 2 aromatic rings. The van der Waals surface area contributed by atoms with Crippen LogP contribution in [-0.4, -0.2) is 42.5 Å². The second-order valence-electron chi connectivity index (χ2n) is 7.38. The summed E-state index contributed by atoms with van der Waals surface area (Å²) in [6, 6.07) is 17.8. The summed E-state index contributed by atoms with van der Waals surface area (Å²) in [6.07, 6.45) is 6.06. The van der Waals surface area contributed by atoms with Gasteiger partial charge in [0.2, 0.25) is 0 Å². The number of allylic oxidation sites excluding steroid dienone is 2. The van der Waals surface area contributed by atoms with E-state index in [0.29, 0.717) is 5.11 Å². The molecule has 0 atom stereocenters. The number of rotatable bonds is 5.